The summed E-state index contributed by atoms with van der Waals surface area (Å²) in [6.07, 6.45) is 0.806. The molecule has 0 aliphatic carbocycles. The number of carbonyl (C=O) groups is 1. The van der Waals surface area contributed by atoms with Gasteiger partial charge in [0.1, 0.15) is 0 Å². The normalized spacial score (nSPS) is 21.3. The molecule has 1 unspecified atom stereocenters. The molecular weight excluding hydrogens is 226 g/mol. The predicted molar refractivity (Wildman–Crippen MR) is 66.8 cm³/mol. The summed E-state index contributed by atoms with van der Waals surface area (Å²) in [7, 11) is 1.73. The first-order valence-corrected chi connectivity index (χ1v) is 5.74. The minimum absolute atomic E-state index is 0.0113. The Hall–Kier alpha value is -2.33. The molecule has 4 heteroatoms. The minimum Gasteiger partial charge on any atom is -0.314 e. The molecular formula is C14H13N3O. The third-order valence-electron chi connectivity index (χ3n) is 3.59. The van der Waals surface area contributed by atoms with Crippen LogP contribution in [0.3, 0.4) is 0 Å². The van der Waals surface area contributed by atoms with Gasteiger partial charge in [0.2, 0.25) is 5.91 Å². The van der Waals surface area contributed by atoms with Crippen molar-refractivity contribution in [2.24, 2.45) is 0 Å². The number of carbonyl (C=O) groups excluding carboxylic acids is 1. The summed E-state index contributed by atoms with van der Waals surface area (Å²) >= 11 is 0. The Balaban J connectivity index is 2.56. The lowest BCUT2D eigenvalue weighted by atomic mass is 9.79. The number of nitrogens with zero attached hydrogens (tertiary/aromatic N) is 3. The third kappa shape index (κ3) is 1.55. The highest BCUT2D eigenvalue weighted by atomic mass is 16.2. The maximum Gasteiger partial charge on any atom is 0.237 e. The molecule has 1 amide bonds. The second-order valence-corrected chi connectivity index (χ2v) is 4.70. The Morgan fingerprint density at radius 3 is 2.72 bits per heavy atom. The molecule has 18 heavy (non-hydrogen) atoms. The molecule has 1 aliphatic heterocycles. The van der Waals surface area contributed by atoms with E-state index in [2.05, 4.69) is 12.1 Å². The van der Waals surface area contributed by atoms with E-state index < -0.39 is 5.41 Å². The van der Waals surface area contributed by atoms with Crippen LogP contribution in [-0.2, 0) is 10.2 Å². The molecule has 0 saturated carbocycles. The fourth-order valence-corrected chi connectivity index (χ4v) is 2.48. The van der Waals surface area contributed by atoms with Crippen molar-refractivity contribution in [2.45, 2.75) is 25.2 Å². The monoisotopic (exact) mass is 239 g/mol. The Kier molecular flexibility index (Phi) is 2.80. The Bertz CT molecular complexity index is 594. The van der Waals surface area contributed by atoms with Crippen molar-refractivity contribution in [2.75, 3.05) is 11.9 Å². The first kappa shape index (κ1) is 12.1. The lowest BCUT2D eigenvalue weighted by Crippen LogP contribution is -2.36. The highest BCUT2D eigenvalue weighted by molar-refractivity contribution is 6.07. The summed E-state index contributed by atoms with van der Waals surface area (Å²) in [5.41, 5.74) is 1.54. The van der Waals surface area contributed by atoms with Gasteiger partial charge in [-0.05, 0) is 37.1 Å². The van der Waals surface area contributed by atoms with Crippen LogP contribution in [0.1, 0.15) is 30.9 Å². The van der Waals surface area contributed by atoms with Gasteiger partial charge in [0.25, 0.3) is 0 Å². The molecule has 1 aromatic carbocycles. The first-order valence-electron chi connectivity index (χ1n) is 5.74. The second-order valence-electron chi connectivity index (χ2n) is 4.70. The third-order valence-corrected chi connectivity index (χ3v) is 3.59. The minimum atomic E-state index is -0.688. The van der Waals surface area contributed by atoms with Gasteiger partial charge in [0.05, 0.1) is 23.1 Å². The molecule has 0 bridgehead atoms. The van der Waals surface area contributed by atoms with E-state index in [1.165, 1.54) is 0 Å². The van der Waals surface area contributed by atoms with E-state index in [0.29, 0.717) is 18.4 Å². The summed E-state index contributed by atoms with van der Waals surface area (Å²) in [6.45, 7) is 1.84. The van der Waals surface area contributed by atoms with Gasteiger partial charge in [-0.1, -0.05) is 0 Å². The van der Waals surface area contributed by atoms with Gasteiger partial charge in [-0.15, -0.1) is 0 Å². The molecule has 0 fully saturated rings. The number of amides is 1. The van der Waals surface area contributed by atoms with E-state index >= 15 is 0 Å². The quantitative estimate of drug-likeness (QED) is 0.793. The van der Waals surface area contributed by atoms with E-state index in [1.807, 2.05) is 6.92 Å². The van der Waals surface area contributed by atoms with Crippen LogP contribution in [0.2, 0.25) is 0 Å². The van der Waals surface area contributed by atoms with Gasteiger partial charge in [-0.3, -0.25) is 4.79 Å². The van der Waals surface area contributed by atoms with Crippen molar-refractivity contribution < 1.29 is 4.79 Å². The fourth-order valence-electron chi connectivity index (χ4n) is 2.48. The first-order chi connectivity index (χ1) is 8.54. The van der Waals surface area contributed by atoms with Crippen molar-refractivity contribution in [3.05, 3.63) is 29.3 Å². The van der Waals surface area contributed by atoms with Crippen molar-refractivity contribution >= 4 is 11.6 Å². The van der Waals surface area contributed by atoms with Crippen molar-refractivity contribution in [1.82, 2.24) is 0 Å². The molecule has 0 N–H and O–H groups in total. The van der Waals surface area contributed by atoms with Crippen LogP contribution >= 0.6 is 0 Å². The van der Waals surface area contributed by atoms with Gasteiger partial charge in [-0.25, -0.2) is 0 Å². The van der Waals surface area contributed by atoms with E-state index in [0.717, 1.165) is 11.3 Å². The van der Waals surface area contributed by atoms with Gasteiger partial charge in [0.15, 0.2) is 0 Å². The van der Waals surface area contributed by atoms with Crippen LogP contribution in [0.4, 0.5) is 5.69 Å². The molecule has 0 saturated heterocycles. The zero-order valence-corrected chi connectivity index (χ0v) is 10.4. The maximum atomic E-state index is 12.3. The number of hydrogen-bond donors (Lipinski definition) is 0. The summed E-state index contributed by atoms with van der Waals surface area (Å²) in [5.74, 6) is -0.0113. The molecule has 1 heterocycles. The maximum absolute atomic E-state index is 12.3. The van der Waals surface area contributed by atoms with Crippen LogP contribution in [-0.4, -0.2) is 13.0 Å². The van der Waals surface area contributed by atoms with Crippen LogP contribution in [0.25, 0.3) is 0 Å². The number of rotatable bonds is 2. The zero-order chi connectivity index (χ0) is 13.3. The van der Waals surface area contributed by atoms with Crippen LogP contribution < -0.4 is 4.90 Å². The van der Waals surface area contributed by atoms with E-state index in [-0.39, 0.29) is 5.91 Å². The van der Waals surface area contributed by atoms with Crippen LogP contribution in [0, 0.1) is 22.7 Å². The van der Waals surface area contributed by atoms with E-state index in [9.17, 15) is 4.79 Å². The highest BCUT2D eigenvalue weighted by Gasteiger charge is 2.45. The molecule has 1 atom stereocenters. The van der Waals surface area contributed by atoms with E-state index in [1.54, 1.807) is 30.1 Å². The molecule has 90 valence electrons. The van der Waals surface area contributed by atoms with Gasteiger partial charge < -0.3 is 4.90 Å². The number of likely N-dealkylation sites (N-methyl/N-ethyl adjacent to an activating group) is 1. The molecule has 0 spiro atoms. The Morgan fingerprint density at radius 1 is 1.39 bits per heavy atom. The number of benzene rings is 1. The SMILES string of the molecule is CN1C(=O)C(C)(CCC#N)c2cc(C#N)ccc21. The number of fused-ring (bicyclic) bond motifs is 1. The lowest BCUT2D eigenvalue weighted by molar-refractivity contribution is -0.122. The zero-order valence-electron chi connectivity index (χ0n) is 10.4. The van der Waals surface area contributed by atoms with Gasteiger partial charge in [0, 0.05) is 19.2 Å². The molecule has 1 aromatic rings. The van der Waals surface area contributed by atoms with Crippen LogP contribution in [0.5, 0.6) is 0 Å². The predicted octanol–water partition coefficient (Wildman–Crippen LogP) is 2.10. The van der Waals surface area contributed by atoms with Crippen molar-refractivity contribution in [1.29, 1.82) is 10.5 Å². The number of nitriles is 2. The average Bonchev–Trinajstić information content (AvgIpc) is 2.59. The summed E-state index contributed by atoms with van der Waals surface area (Å²) in [6, 6.07) is 9.42. The molecule has 2 rings (SSSR count). The summed E-state index contributed by atoms with van der Waals surface area (Å²) in [5, 5.41) is 17.7. The fraction of sp³-hybridized carbons (Fsp3) is 0.357. The summed E-state index contributed by atoms with van der Waals surface area (Å²) in [4.78, 5) is 13.9. The number of hydrogen-bond acceptors (Lipinski definition) is 3. The van der Waals surface area contributed by atoms with Crippen molar-refractivity contribution in [3.8, 4) is 12.1 Å². The smallest absolute Gasteiger partial charge is 0.237 e. The average molecular weight is 239 g/mol. The standard InChI is InChI=1S/C14H13N3O/c1-14(6-3-7-15)11-8-10(9-16)4-5-12(11)17(2)13(14)18/h4-5,8H,3,6H2,1-2H3. The Labute approximate surface area is 106 Å². The topological polar surface area (TPSA) is 67.9 Å². The van der Waals surface area contributed by atoms with E-state index in [4.69, 9.17) is 10.5 Å². The Morgan fingerprint density at radius 2 is 2.11 bits per heavy atom. The lowest BCUT2D eigenvalue weighted by Gasteiger charge is -2.21. The van der Waals surface area contributed by atoms with Crippen molar-refractivity contribution in [3.63, 3.8) is 0 Å². The van der Waals surface area contributed by atoms with Crippen LogP contribution in [0.15, 0.2) is 18.2 Å². The molecule has 4 nitrogen and oxygen atoms in total. The van der Waals surface area contributed by atoms with Gasteiger partial charge >= 0.3 is 0 Å². The summed E-state index contributed by atoms with van der Waals surface area (Å²) < 4.78 is 0. The second kappa shape index (κ2) is 4.16. The number of anilines is 1. The molecule has 0 aromatic heterocycles. The largest absolute Gasteiger partial charge is 0.314 e. The highest BCUT2D eigenvalue weighted by Crippen LogP contribution is 2.44. The molecule has 0 radical (unpaired) electrons. The molecule has 1 aliphatic rings. The van der Waals surface area contributed by atoms with Gasteiger partial charge in [-0.2, -0.15) is 10.5 Å².